The van der Waals surface area contributed by atoms with Crippen LogP contribution < -0.4 is 4.74 Å². The Balaban J connectivity index is 1.85. The quantitative estimate of drug-likeness (QED) is 0.626. The van der Waals surface area contributed by atoms with Gasteiger partial charge in [0, 0.05) is 6.61 Å². The number of aliphatic hydroxyl groups is 1. The van der Waals surface area contributed by atoms with Crippen molar-refractivity contribution >= 4 is 0 Å². The van der Waals surface area contributed by atoms with Gasteiger partial charge >= 0.3 is 0 Å². The Morgan fingerprint density at radius 2 is 1.35 bits per heavy atom. The first kappa shape index (κ1) is 14.0. The highest BCUT2D eigenvalue weighted by Gasteiger charge is 1.93. The van der Waals surface area contributed by atoms with Gasteiger partial charge in [0.2, 0.25) is 0 Å². The SMILES string of the molecule is OCCCCCCCCCOc1ccccc1. The number of aliphatic hydroxyl groups excluding tert-OH is 1. The summed E-state index contributed by atoms with van der Waals surface area (Å²) in [7, 11) is 0. The lowest BCUT2D eigenvalue weighted by atomic mass is 10.1. The number of ether oxygens (including phenoxy) is 1. The molecule has 2 nitrogen and oxygen atoms in total. The molecule has 1 aromatic rings. The Bertz CT molecular complexity index is 259. The van der Waals surface area contributed by atoms with Crippen molar-refractivity contribution in [2.24, 2.45) is 0 Å². The molecule has 1 rings (SSSR count). The fourth-order valence-corrected chi connectivity index (χ4v) is 1.80. The Morgan fingerprint density at radius 1 is 0.765 bits per heavy atom. The molecule has 1 N–H and O–H groups in total. The van der Waals surface area contributed by atoms with Gasteiger partial charge in [-0.25, -0.2) is 0 Å². The number of para-hydroxylation sites is 1. The Morgan fingerprint density at radius 3 is 2.00 bits per heavy atom. The van der Waals surface area contributed by atoms with Crippen LogP contribution in [0.1, 0.15) is 44.9 Å². The number of hydrogen-bond donors (Lipinski definition) is 1. The van der Waals surface area contributed by atoms with Crippen LogP contribution in [0.5, 0.6) is 5.75 Å². The predicted octanol–water partition coefficient (Wildman–Crippen LogP) is 3.79. The molecule has 0 aliphatic heterocycles. The third kappa shape index (κ3) is 7.81. The van der Waals surface area contributed by atoms with Gasteiger partial charge in [0.1, 0.15) is 5.75 Å². The molecule has 0 atom stereocenters. The molecule has 0 spiro atoms. The molecule has 0 unspecified atom stereocenters. The van der Waals surface area contributed by atoms with Gasteiger partial charge in [-0.3, -0.25) is 0 Å². The molecule has 0 aliphatic rings. The van der Waals surface area contributed by atoms with Crippen molar-refractivity contribution in [1.29, 1.82) is 0 Å². The van der Waals surface area contributed by atoms with Gasteiger partial charge in [-0.2, -0.15) is 0 Å². The van der Waals surface area contributed by atoms with E-state index < -0.39 is 0 Å². The highest BCUT2D eigenvalue weighted by Crippen LogP contribution is 2.10. The molecule has 0 radical (unpaired) electrons. The average molecular weight is 236 g/mol. The molecule has 0 amide bonds. The van der Waals surface area contributed by atoms with Gasteiger partial charge < -0.3 is 9.84 Å². The van der Waals surface area contributed by atoms with Gasteiger partial charge in [-0.1, -0.05) is 50.3 Å². The summed E-state index contributed by atoms with van der Waals surface area (Å²) in [6.45, 7) is 1.16. The summed E-state index contributed by atoms with van der Waals surface area (Å²) in [4.78, 5) is 0. The van der Waals surface area contributed by atoms with Crippen molar-refractivity contribution in [3.05, 3.63) is 30.3 Å². The summed E-state index contributed by atoms with van der Waals surface area (Å²) < 4.78 is 5.62. The Kier molecular flexibility index (Phi) is 8.39. The van der Waals surface area contributed by atoms with Crippen LogP contribution in [0.25, 0.3) is 0 Å². The molecule has 0 saturated carbocycles. The number of benzene rings is 1. The zero-order valence-corrected chi connectivity index (χ0v) is 10.6. The molecular formula is C15H24O2. The van der Waals surface area contributed by atoms with Crippen LogP contribution in [-0.2, 0) is 0 Å². The van der Waals surface area contributed by atoms with Crippen molar-refractivity contribution in [3.63, 3.8) is 0 Å². The lowest BCUT2D eigenvalue weighted by molar-refractivity contribution is 0.281. The summed E-state index contributed by atoms with van der Waals surface area (Å²) in [5, 5.41) is 8.63. The fraction of sp³-hybridized carbons (Fsp3) is 0.600. The van der Waals surface area contributed by atoms with Crippen molar-refractivity contribution in [3.8, 4) is 5.75 Å². The maximum absolute atomic E-state index is 8.63. The van der Waals surface area contributed by atoms with Gasteiger partial charge in [0.15, 0.2) is 0 Å². The molecule has 2 heteroatoms. The largest absolute Gasteiger partial charge is 0.494 e. The van der Waals surface area contributed by atoms with Crippen molar-refractivity contribution in [2.75, 3.05) is 13.2 Å². The molecule has 0 heterocycles. The minimum absolute atomic E-state index is 0.338. The second-order valence-electron chi connectivity index (χ2n) is 4.36. The Hall–Kier alpha value is -1.02. The van der Waals surface area contributed by atoms with Gasteiger partial charge in [0.25, 0.3) is 0 Å². The topological polar surface area (TPSA) is 29.5 Å². The summed E-state index contributed by atoms with van der Waals surface area (Å²) >= 11 is 0. The molecule has 0 aliphatic carbocycles. The van der Waals surface area contributed by atoms with E-state index in [0.717, 1.165) is 31.6 Å². The third-order valence-electron chi connectivity index (χ3n) is 2.81. The molecule has 0 saturated heterocycles. The second kappa shape index (κ2) is 10.2. The first-order valence-corrected chi connectivity index (χ1v) is 6.72. The van der Waals surface area contributed by atoms with E-state index in [9.17, 15) is 0 Å². The lowest BCUT2D eigenvalue weighted by Crippen LogP contribution is -1.96. The summed E-state index contributed by atoms with van der Waals surface area (Å²) in [6.07, 6.45) is 8.31. The van der Waals surface area contributed by atoms with E-state index in [2.05, 4.69) is 0 Å². The van der Waals surface area contributed by atoms with Crippen LogP contribution in [0, 0.1) is 0 Å². The maximum Gasteiger partial charge on any atom is 0.119 e. The molecular weight excluding hydrogens is 212 g/mol. The van der Waals surface area contributed by atoms with E-state index in [1.807, 2.05) is 30.3 Å². The van der Waals surface area contributed by atoms with E-state index in [1.165, 1.54) is 25.7 Å². The number of unbranched alkanes of at least 4 members (excludes halogenated alkanes) is 6. The predicted molar refractivity (Wildman–Crippen MR) is 71.3 cm³/mol. The van der Waals surface area contributed by atoms with E-state index in [-0.39, 0.29) is 0 Å². The van der Waals surface area contributed by atoms with E-state index in [0.29, 0.717) is 6.61 Å². The summed E-state index contributed by atoms with van der Waals surface area (Å²) in [5.41, 5.74) is 0. The minimum atomic E-state index is 0.338. The maximum atomic E-state index is 8.63. The van der Waals surface area contributed by atoms with Gasteiger partial charge in [-0.15, -0.1) is 0 Å². The monoisotopic (exact) mass is 236 g/mol. The second-order valence-corrected chi connectivity index (χ2v) is 4.36. The average Bonchev–Trinajstić information content (AvgIpc) is 2.38. The number of hydrogen-bond acceptors (Lipinski definition) is 2. The molecule has 96 valence electrons. The zero-order chi connectivity index (χ0) is 12.2. The van der Waals surface area contributed by atoms with E-state index in [1.54, 1.807) is 0 Å². The van der Waals surface area contributed by atoms with E-state index >= 15 is 0 Å². The van der Waals surface area contributed by atoms with Crippen molar-refractivity contribution in [1.82, 2.24) is 0 Å². The van der Waals surface area contributed by atoms with Crippen LogP contribution in [0.2, 0.25) is 0 Å². The highest BCUT2D eigenvalue weighted by molar-refractivity contribution is 5.20. The smallest absolute Gasteiger partial charge is 0.119 e. The first-order chi connectivity index (χ1) is 8.43. The molecule has 0 bridgehead atoms. The summed E-state index contributed by atoms with van der Waals surface area (Å²) in [5.74, 6) is 0.968. The standard InChI is InChI=1S/C15H24O2/c16-13-9-4-2-1-3-5-10-14-17-15-11-7-6-8-12-15/h6-8,11-12,16H,1-5,9-10,13-14H2. The lowest BCUT2D eigenvalue weighted by Gasteiger charge is -2.05. The molecule has 1 aromatic carbocycles. The molecule has 17 heavy (non-hydrogen) atoms. The van der Waals surface area contributed by atoms with Crippen LogP contribution in [-0.4, -0.2) is 18.3 Å². The highest BCUT2D eigenvalue weighted by atomic mass is 16.5. The van der Waals surface area contributed by atoms with E-state index in [4.69, 9.17) is 9.84 Å². The van der Waals surface area contributed by atoms with Crippen LogP contribution in [0.4, 0.5) is 0 Å². The van der Waals surface area contributed by atoms with Crippen LogP contribution in [0.15, 0.2) is 30.3 Å². The van der Waals surface area contributed by atoms with Crippen LogP contribution >= 0.6 is 0 Å². The van der Waals surface area contributed by atoms with Gasteiger partial charge in [-0.05, 0) is 25.0 Å². The van der Waals surface area contributed by atoms with Gasteiger partial charge in [0.05, 0.1) is 6.61 Å². The number of rotatable bonds is 10. The first-order valence-electron chi connectivity index (χ1n) is 6.72. The van der Waals surface area contributed by atoms with Crippen molar-refractivity contribution < 1.29 is 9.84 Å². The zero-order valence-electron chi connectivity index (χ0n) is 10.6. The minimum Gasteiger partial charge on any atom is -0.494 e. The molecule has 0 fully saturated rings. The Labute approximate surface area is 105 Å². The third-order valence-corrected chi connectivity index (χ3v) is 2.81. The van der Waals surface area contributed by atoms with Crippen molar-refractivity contribution in [2.45, 2.75) is 44.9 Å². The van der Waals surface area contributed by atoms with Crippen LogP contribution in [0.3, 0.4) is 0 Å². The normalized spacial score (nSPS) is 10.4. The fourth-order valence-electron chi connectivity index (χ4n) is 1.80. The summed E-state index contributed by atoms with van der Waals surface area (Å²) in [6, 6.07) is 9.98. The molecule has 0 aromatic heterocycles.